The van der Waals surface area contributed by atoms with E-state index in [4.69, 9.17) is 15.6 Å². The van der Waals surface area contributed by atoms with Crippen LogP contribution < -0.4 is 5.73 Å². The number of ether oxygens (including phenoxy) is 1. The number of carbonyl (C=O) groups excluding carboxylic acids is 1. The van der Waals surface area contributed by atoms with E-state index in [0.29, 0.717) is 19.3 Å². The highest BCUT2D eigenvalue weighted by atomic mass is 16.6. The Bertz CT molecular complexity index is 217. The maximum absolute atomic E-state index is 10.5. The van der Waals surface area contributed by atoms with Gasteiger partial charge in [0.15, 0.2) is 0 Å². The van der Waals surface area contributed by atoms with Crippen molar-refractivity contribution in [1.29, 1.82) is 0 Å². The quantitative estimate of drug-likeness (QED) is 0.588. The minimum atomic E-state index is -0.824. The monoisotopic (exact) mass is 203 g/mol. The lowest BCUT2D eigenvalue weighted by molar-refractivity contribution is -0.0682. The van der Waals surface area contributed by atoms with E-state index in [1.807, 2.05) is 0 Å². The molecule has 14 heavy (non-hydrogen) atoms. The van der Waals surface area contributed by atoms with Crippen molar-refractivity contribution >= 4 is 6.09 Å². The summed E-state index contributed by atoms with van der Waals surface area (Å²) in [6.45, 7) is 1.62. The first-order valence-electron chi connectivity index (χ1n) is 4.74. The van der Waals surface area contributed by atoms with Crippen LogP contribution >= 0.6 is 0 Å². The number of amides is 1. The van der Waals surface area contributed by atoms with Gasteiger partial charge in [-0.3, -0.25) is 0 Å². The molecule has 1 aliphatic rings. The van der Waals surface area contributed by atoms with Gasteiger partial charge in [0.1, 0.15) is 6.10 Å². The molecule has 5 nitrogen and oxygen atoms in total. The lowest BCUT2D eigenvalue weighted by Crippen LogP contribution is -2.43. The van der Waals surface area contributed by atoms with Gasteiger partial charge in [0.05, 0.1) is 5.60 Å². The van der Waals surface area contributed by atoms with E-state index in [9.17, 15) is 9.90 Å². The molecule has 1 fully saturated rings. The molecule has 0 aliphatic heterocycles. The zero-order chi connectivity index (χ0) is 10.8. The maximum atomic E-state index is 10.5. The van der Waals surface area contributed by atoms with Crippen molar-refractivity contribution < 1.29 is 19.7 Å². The summed E-state index contributed by atoms with van der Waals surface area (Å²) in [6.07, 6.45) is 0.345. The molecule has 1 rings (SSSR count). The van der Waals surface area contributed by atoms with Crippen molar-refractivity contribution in [1.82, 2.24) is 0 Å². The van der Waals surface area contributed by atoms with Crippen molar-refractivity contribution in [3.05, 3.63) is 0 Å². The van der Waals surface area contributed by atoms with E-state index in [1.54, 1.807) is 6.92 Å². The second-order valence-electron chi connectivity index (χ2n) is 4.16. The van der Waals surface area contributed by atoms with E-state index < -0.39 is 11.7 Å². The molecule has 0 spiro atoms. The van der Waals surface area contributed by atoms with Crippen molar-refractivity contribution in [2.75, 3.05) is 6.61 Å². The summed E-state index contributed by atoms with van der Waals surface area (Å²) in [5, 5.41) is 18.8. The van der Waals surface area contributed by atoms with Crippen molar-refractivity contribution in [2.24, 2.45) is 11.7 Å². The molecule has 5 heteroatoms. The molecule has 4 N–H and O–H groups in total. The van der Waals surface area contributed by atoms with Crippen LogP contribution in [0.2, 0.25) is 0 Å². The Morgan fingerprint density at radius 1 is 1.71 bits per heavy atom. The third kappa shape index (κ3) is 2.85. The van der Waals surface area contributed by atoms with Crippen LogP contribution in [0.4, 0.5) is 4.79 Å². The lowest BCUT2D eigenvalue weighted by Gasteiger charge is -2.37. The van der Waals surface area contributed by atoms with Gasteiger partial charge in [-0.25, -0.2) is 4.79 Å². The summed E-state index contributed by atoms with van der Waals surface area (Å²) >= 11 is 0. The summed E-state index contributed by atoms with van der Waals surface area (Å²) in [7, 11) is 0. The second-order valence-corrected chi connectivity index (χ2v) is 4.16. The zero-order valence-corrected chi connectivity index (χ0v) is 8.27. The molecule has 3 atom stereocenters. The van der Waals surface area contributed by atoms with Gasteiger partial charge in [-0.15, -0.1) is 0 Å². The Morgan fingerprint density at radius 2 is 2.36 bits per heavy atom. The SMILES string of the molecule is C[C@]1(O)CC[C@H](OC(N)=O)[C@H](CO)C1. The second kappa shape index (κ2) is 4.14. The average Bonchev–Trinajstić information content (AvgIpc) is 2.07. The molecule has 0 radical (unpaired) electrons. The molecule has 0 bridgehead atoms. The minimum Gasteiger partial charge on any atom is -0.446 e. The van der Waals surface area contributed by atoms with Gasteiger partial charge in [-0.05, 0) is 26.2 Å². The van der Waals surface area contributed by atoms with Gasteiger partial charge in [-0.2, -0.15) is 0 Å². The van der Waals surface area contributed by atoms with Gasteiger partial charge < -0.3 is 20.7 Å². The first-order valence-corrected chi connectivity index (χ1v) is 4.74. The fraction of sp³-hybridized carbons (Fsp3) is 0.889. The number of hydrogen-bond donors (Lipinski definition) is 3. The van der Waals surface area contributed by atoms with Crippen LogP contribution in [0, 0.1) is 5.92 Å². The highest BCUT2D eigenvalue weighted by Crippen LogP contribution is 2.33. The molecule has 0 heterocycles. The van der Waals surface area contributed by atoms with E-state index in [2.05, 4.69) is 0 Å². The van der Waals surface area contributed by atoms with Crippen LogP contribution in [0.1, 0.15) is 26.2 Å². The molecule has 1 saturated carbocycles. The predicted molar refractivity (Wildman–Crippen MR) is 49.5 cm³/mol. The standard InChI is InChI=1S/C9H17NO4/c1-9(13)3-2-7(14-8(10)12)6(4-9)5-11/h6-7,11,13H,2-5H2,1H3,(H2,10,12)/t6-,7-,9-/m0/s1. The topological polar surface area (TPSA) is 92.8 Å². The van der Waals surface area contributed by atoms with E-state index >= 15 is 0 Å². The summed E-state index contributed by atoms with van der Waals surface area (Å²) < 4.78 is 4.86. The molecule has 0 aromatic rings. The summed E-state index contributed by atoms with van der Waals surface area (Å²) in [5.74, 6) is -0.216. The normalized spacial score (nSPS) is 37.9. The first-order chi connectivity index (χ1) is 6.44. The highest BCUT2D eigenvalue weighted by Gasteiger charge is 2.37. The molecule has 0 saturated heterocycles. The van der Waals surface area contributed by atoms with Crippen molar-refractivity contribution in [3.63, 3.8) is 0 Å². The highest BCUT2D eigenvalue weighted by molar-refractivity contribution is 5.64. The van der Waals surface area contributed by atoms with Crippen molar-refractivity contribution in [3.8, 4) is 0 Å². The van der Waals surface area contributed by atoms with Crippen LogP contribution in [0.15, 0.2) is 0 Å². The summed E-state index contributed by atoms with van der Waals surface area (Å²) in [6, 6.07) is 0. The predicted octanol–water partition coefficient (Wildman–Crippen LogP) is -0.00630. The van der Waals surface area contributed by atoms with Gasteiger partial charge in [0, 0.05) is 12.5 Å². The lowest BCUT2D eigenvalue weighted by atomic mass is 9.77. The Morgan fingerprint density at radius 3 is 2.86 bits per heavy atom. The molecule has 1 aliphatic carbocycles. The molecule has 0 unspecified atom stereocenters. The number of hydrogen-bond acceptors (Lipinski definition) is 4. The molecule has 0 aromatic heterocycles. The Labute approximate surface area is 82.9 Å². The van der Waals surface area contributed by atoms with E-state index in [1.165, 1.54) is 0 Å². The first kappa shape index (κ1) is 11.3. The third-order valence-electron chi connectivity index (χ3n) is 2.70. The van der Waals surface area contributed by atoms with Crippen LogP contribution in [0.3, 0.4) is 0 Å². The third-order valence-corrected chi connectivity index (χ3v) is 2.70. The smallest absolute Gasteiger partial charge is 0.404 e. The Kier molecular flexibility index (Phi) is 3.34. The van der Waals surface area contributed by atoms with Crippen molar-refractivity contribution in [2.45, 2.75) is 37.9 Å². The molecule has 1 amide bonds. The maximum Gasteiger partial charge on any atom is 0.404 e. The number of nitrogens with two attached hydrogens (primary N) is 1. The average molecular weight is 203 g/mol. The number of aliphatic hydroxyl groups is 2. The van der Waals surface area contributed by atoms with Crippen LogP contribution in [0.5, 0.6) is 0 Å². The Balaban J connectivity index is 2.57. The van der Waals surface area contributed by atoms with Gasteiger partial charge in [0.25, 0.3) is 0 Å². The zero-order valence-electron chi connectivity index (χ0n) is 8.27. The minimum absolute atomic E-state index is 0.103. The molecule has 82 valence electrons. The number of rotatable bonds is 2. The fourth-order valence-electron chi connectivity index (χ4n) is 1.97. The molecular formula is C9H17NO4. The molecule has 0 aromatic carbocycles. The van der Waals surface area contributed by atoms with Crippen LogP contribution in [-0.2, 0) is 4.74 Å². The number of primary amides is 1. The largest absolute Gasteiger partial charge is 0.446 e. The number of aliphatic hydroxyl groups excluding tert-OH is 1. The van der Waals surface area contributed by atoms with Gasteiger partial charge in [-0.1, -0.05) is 0 Å². The van der Waals surface area contributed by atoms with E-state index in [0.717, 1.165) is 0 Å². The van der Waals surface area contributed by atoms with Gasteiger partial charge in [0.2, 0.25) is 0 Å². The number of carbonyl (C=O) groups is 1. The van der Waals surface area contributed by atoms with Gasteiger partial charge >= 0.3 is 6.09 Å². The Hall–Kier alpha value is -0.810. The van der Waals surface area contributed by atoms with Crippen LogP contribution in [-0.4, -0.2) is 34.6 Å². The summed E-state index contributed by atoms with van der Waals surface area (Å²) in [5.41, 5.74) is 4.13. The summed E-state index contributed by atoms with van der Waals surface area (Å²) in [4.78, 5) is 10.5. The van der Waals surface area contributed by atoms with Crippen LogP contribution in [0.25, 0.3) is 0 Å². The van der Waals surface area contributed by atoms with E-state index in [-0.39, 0.29) is 18.6 Å². The fourth-order valence-corrected chi connectivity index (χ4v) is 1.97. The molecular weight excluding hydrogens is 186 g/mol.